The number of halogens is 4. The summed E-state index contributed by atoms with van der Waals surface area (Å²) in [6, 6.07) is 44.2. The number of hydrogen-bond donors (Lipinski definition) is 5. The van der Waals surface area contributed by atoms with E-state index in [0.717, 1.165) is 124 Å². The van der Waals surface area contributed by atoms with E-state index in [1.807, 2.05) is 189 Å². The van der Waals surface area contributed by atoms with Crippen LogP contribution in [0.4, 0.5) is 17.6 Å². The molecule has 0 atom stereocenters. The van der Waals surface area contributed by atoms with Crippen molar-refractivity contribution < 1.29 is 57.2 Å². The Morgan fingerprint density at radius 1 is 0.390 bits per heavy atom. The van der Waals surface area contributed by atoms with E-state index in [1.54, 1.807) is 65.1 Å². The zero-order valence-electron chi connectivity index (χ0n) is 61.5. The lowest BCUT2D eigenvalue weighted by Gasteiger charge is -2.14. The van der Waals surface area contributed by atoms with E-state index in [1.165, 1.54) is 48.0 Å². The molecule has 0 unspecified atom stereocenters. The Kier molecular flexibility index (Phi) is 35.4. The van der Waals surface area contributed by atoms with Crippen molar-refractivity contribution in [1.82, 2.24) is 0 Å². The number of esters is 1. The topological polar surface area (TPSA) is 160 Å². The van der Waals surface area contributed by atoms with Crippen molar-refractivity contribution >= 4 is 111 Å². The molecule has 0 radical (unpaired) electrons. The maximum atomic E-state index is 14.5. The van der Waals surface area contributed by atoms with Gasteiger partial charge in [0.2, 0.25) is 10.0 Å². The van der Waals surface area contributed by atoms with E-state index in [4.69, 9.17) is 23.1 Å². The van der Waals surface area contributed by atoms with E-state index >= 15 is 0 Å². The first-order valence-corrected chi connectivity index (χ1v) is 41.6. The number of hydrogen-bond acceptors (Lipinski definition) is 15. The Morgan fingerprint density at radius 3 is 0.971 bits per heavy atom. The molecule has 558 valence electrons. The molecule has 10 nitrogen and oxygen atoms in total. The van der Waals surface area contributed by atoms with Crippen LogP contribution in [-0.4, -0.2) is 71.2 Å². The van der Waals surface area contributed by atoms with E-state index in [2.05, 4.69) is 50.5 Å². The monoisotopic (exact) mass is 1580 g/mol. The molecule has 8 aromatic carbocycles. The van der Waals surface area contributed by atoms with Crippen LogP contribution < -0.4 is 5.14 Å². The van der Waals surface area contributed by atoms with Gasteiger partial charge in [-0.3, -0.25) is 0 Å². The fraction of sp³-hybridized carbons (Fsp3) is 0.241. The lowest BCUT2D eigenvalue weighted by molar-refractivity contribution is -0.133. The normalized spacial score (nSPS) is 11.4. The molecular weight excluding hydrogens is 1490 g/mol. The molecule has 1 aliphatic heterocycles. The van der Waals surface area contributed by atoms with Gasteiger partial charge in [0.05, 0.1) is 43.2 Å². The van der Waals surface area contributed by atoms with Gasteiger partial charge < -0.3 is 18.0 Å². The number of sulfone groups is 1. The minimum atomic E-state index is -4.13. The third kappa shape index (κ3) is 22.5. The molecule has 105 heavy (non-hydrogen) atoms. The highest BCUT2D eigenvalue weighted by Crippen LogP contribution is 2.43. The summed E-state index contributed by atoms with van der Waals surface area (Å²) in [5.74, 6) is 1.39. The summed E-state index contributed by atoms with van der Waals surface area (Å²) >= 11 is 18.0. The van der Waals surface area contributed by atoms with Gasteiger partial charge >= 0.3 is 5.97 Å². The molecule has 0 saturated carbocycles. The standard InChI is InChI=1S/C19H17FO3S.C19H17FO2S.C19H17FOS.C18H16FNO3S.4C2H6S/c1-12-13(2)19(24(3,21)22)18(20)9-15(12)17-11-23-10-16(17)14-7-5-4-6-8-14;1-11-12(2)18(23-3)16(20)9-14(11)15-10-22-19(21)17(15)13-7-5-4-6-8-13;1-12-13(2)19(22-3)18(20)9-15(12)17-11-21-10-16(17)14-7-5-4-6-8-14;1-11-12(2)18(24(20,21)22)17(19)8-14(11)16-10-23-9-15(16)13-6-4-3-5-7-13;4*1-2-3/h4-11H,1-3H3;4-9H,10H2,1-3H3;4-11H,1-3H3;3-10H,1-2H3,(H2,20,21,22);4*3H,2H2,1H3. The second kappa shape index (κ2) is 42.1. The van der Waals surface area contributed by atoms with E-state index in [9.17, 15) is 39.2 Å². The molecule has 0 spiro atoms. The zero-order chi connectivity index (χ0) is 78.0. The molecule has 4 heterocycles. The fourth-order valence-electron chi connectivity index (χ4n) is 11.4. The summed E-state index contributed by atoms with van der Waals surface area (Å²) in [5.41, 5.74) is 18.9. The van der Waals surface area contributed by atoms with Crippen molar-refractivity contribution in [2.45, 2.75) is 103 Å². The maximum absolute atomic E-state index is 14.5. The van der Waals surface area contributed by atoms with Gasteiger partial charge in [-0.25, -0.2) is 44.3 Å². The zero-order valence-corrected chi connectivity index (χ0v) is 68.4. The third-order valence-electron chi connectivity index (χ3n) is 16.6. The number of carbonyl (C=O) groups excluding carboxylic acids is 1. The number of primary sulfonamides is 1. The van der Waals surface area contributed by atoms with Crippen molar-refractivity contribution in [1.29, 1.82) is 0 Å². The largest absolute Gasteiger partial charge is 0.471 e. The first kappa shape index (κ1) is 88.1. The Hall–Kier alpha value is -7.51. The number of rotatable bonds is 12. The van der Waals surface area contributed by atoms with Crippen LogP contribution in [0.5, 0.6) is 0 Å². The predicted molar refractivity (Wildman–Crippen MR) is 443 cm³/mol. The number of benzene rings is 8. The van der Waals surface area contributed by atoms with Gasteiger partial charge in [0, 0.05) is 55.0 Å². The summed E-state index contributed by atoms with van der Waals surface area (Å²) in [6.45, 7) is 22.7. The maximum Gasteiger partial charge on any atom is 0.339 e. The molecule has 22 heteroatoms. The predicted octanol–water partition coefficient (Wildman–Crippen LogP) is 23.3. The van der Waals surface area contributed by atoms with Crippen LogP contribution in [0.15, 0.2) is 216 Å². The van der Waals surface area contributed by atoms with Crippen LogP contribution in [0, 0.1) is 78.7 Å². The highest BCUT2D eigenvalue weighted by molar-refractivity contribution is 7.99. The number of furan rings is 3. The average molecular weight is 1580 g/mol. The first-order valence-electron chi connectivity index (χ1n) is 33.2. The fourth-order valence-corrected chi connectivity index (χ4v) is 14.9. The Bertz CT molecular complexity index is 4770. The van der Waals surface area contributed by atoms with Gasteiger partial charge in [-0.1, -0.05) is 149 Å². The summed E-state index contributed by atoms with van der Waals surface area (Å²) in [6.07, 6.45) is 14.5. The van der Waals surface area contributed by atoms with Gasteiger partial charge in [-0.05, 0) is 204 Å². The SMILES string of the molecule is CCS.CCS.CCS.CCS.CSc1c(F)cc(-c2cocc2-c2ccccc2)c(C)c1C.CSc1c(F)cc(C2=C(c3ccccc3)C(=O)OC2)c(C)c1C.Cc1c(-c2cocc2-c2ccccc2)cc(F)c(S(C)(=O)=O)c1C.Cc1c(-c2cocc2-c2ccccc2)cc(F)c(S(N)(=O)=O)c1C. The Labute approximate surface area is 648 Å². The smallest absolute Gasteiger partial charge is 0.339 e. The number of thiol groups is 4. The number of thioether (sulfide) groups is 2. The molecule has 2 N–H and O–H groups in total. The van der Waals surface area contributed by atoms with Crippen molar-refractivity contribution in [3.05, 3.63) is 262 Å². The minimum absolute atomic E-state index is 0.175. The lowest BCUT2D eigenvalue weighted by atomic mass is 9.92. The Balaban J connectivity index is 0.000000239. The van der Waals surface area contributed by atoms with Gasteiger partial charge in [-0.2, -0.15) is 50.5 Å². The van der Waals surface area contributed by atoms with Gasteiger partial charge in [0.15, 0.2) is 9.84 Å². The molecule has 11 aromatic rings. The Morgan fingerprint density at radius 2 is 0.657 bits per heavy atom. The summed E-state index contributed by atoms with van der Waals surface area (Å²) in [5, 5.41) is 5.13. The quantitative estimate of drug-likeness (QED) is 0.0343. The third-order valence-corrected chi connectivity index (χ3v) is 20.7. The number of cyclic esters (lactones) is 1. The van der Waals surface area contributed by atoms with Crippen molar-refractivity contribution in [2.24, 2.45) is 5.14 Å². The molecule has 0 amide bonds. The van der Waals surface area contributed by atoms with Crippen LogP contribution in [0.2, 0.25) is 0 Å². The van der Waals surface area contributed by atoms with E-state index in [0.29, 0.717) is 48.7 Å². The molecule has 0 bridgehead atoms. The van der Waals surface area contributed by atoms with Crippen LogP contribution >= 0.6 is 74.0 Å². The highest BCUT2D eigenvalue weighted by Gasteiger charge is 2.30. The first-order chi connectivity index (χ1) is 49.9. The van der Waals surface area contributed by atoms with Crippen molar-refractivity contribution in [2.75, 3.05) is 48.4 Å². The van der Waals surface area contributed by atoms with E-state index in [-0.39, 0.29) is 29.1 Å². The molecule has 1 aliphatic rings. The molecule has 3 aromatic heterocycles. The summed E-state index contributed by atoms with van der Waals surface area (Å²) in [4.78, 5) is 12.8. The average Bonchev–Trinajstić information content (AvgIpc) is 1.76. The second-order valence-electron chi connectivity index (χ2n) is 23.4. The minimum Gasteiger partial charge on any atom is -0.471 e. The second-order valence-corrected chi connectivity index (χ2v) is 31.0. The number of nitrogens with two attached hydrogens (primary N) is 1. The van der Waals surface area contributed by atoms with Crippen molar-refractivity contribution in [3.8, 4) is 66.8 Å². The van der Waals surface area contributed by atoms with E-state index < -0.39 is 36.4 Å². The van der Waals surface area contributed by atoms with Gasteiger partial charge in [-0.15, -0.1) is 23.5 Å². The molecular formula is C83H91F4NO9S8. The lowest BCUT2D eigenvalue weighted by Crippen LogP contribution is -2.16. The number of carbonyl (C=O) groups is 1. The summed E-state index contributed by atoms with van der Waals surface area (Å²) < 4.78 is 126. The van der Waals surface area contributed by atoms with Gasteiger partial charge in [0.25, 0.3) is 0 Å². The summed E-state index contributed by atoms with van der Waals surface area (Å²) in [7, 11) is -7.77. The molecule has 12 rings (SSSR count). The number of ether oxygens (including phenoxy) is 1. The van der Waals surface area contributed by atoms with Crippen LogP contribution in [0.1, 0.15) is 83.3 Å². The van der Waals surface area contributed by atoms with Gasteiger partial charge in [0.1, 0.15) is 39.7 Å². The molecule has 0 aliphatic carbocycles. The van der Waals surface area contributed by atoms with Crippen molar-refractivity contribution in [3.63, 3.8) is 0 Å². The molecule has 0 saturated heterocycles. The van der Waals surface area contributed by atoms with Crippen LogP contribution in [0.3, 0.4) is 0 Å². The van der Waals surface area contributed by atoms with Crippen LogP contribution in [0.25, 0.3) is 77.9 Å². The van der Waals surface area contributed by atoms with Crippen LogP contribution in [-0.2, 0) is 29.4 Å². The highest BCUT2D eigenvalue weighted by atomic mass is 32.2. The molecule has 0 fully saturated rings. The number of sulfonamides is 1.